The Kier molecular flexibility index (Phi) is 5.18. The predicted molar refractivity (Wildman–Crippen MR) is 82.0 cm³/mol. The fourth-order valence-corrected chi connectivity index (χ4v) is 4.07. The van der Waals surface area contributed by atoms with Gasteiger partial charge in [-0.1, -0.05) is 37.3 Å². The molecule has 1 fully saturated rings. The van der Waals surface area contributed by atoms with Gasteiger partial charge in [0.2, 0.25) is 10.0 Å². The van der Waals surface area contributed by atoms with E-state index in [-0.39, 0.29) is 5.75 Å². The predicted octanol–water partition coefficient (Wildman–Crippen LogP) is 1.93. The van der Waals surface area contributed by atoms with Crippen molar-refractivity contribution in [1.29, 1.82) is 0 Å². The normalized spacial score (nSPS) is 19.9. The standard InChI is InChI=1S/C15H24N2O2S/c1-3-14(2)16-9-11-17(12-10-16)20(18,19)13-15-7-5-4-6-8-15/h4-8,14H,3,9-13H2,1-2H3/t14-/m1/s1. The SMILES string of the molecule is CC[C@@H](C)N1CCN(S(=O)(=O)Cc2ccccc2)CC1. The Morgan fingerprint density at radius 2 is 1.70 bits per heavy atom. The highest BCUT2D eigenvalue weighted by molar-refractivity contribution is 7.88. The summed E-state index contributed by atoms with van der Waals surface area (Å²) in [4.78, 5) is 2.37. The third kappa shape index (κ3) is 3.81. The van der Waals surface area contributed by atoms with E-state index in [1.165, 1.54) is 0 Å². The minimum absolute atomic E-state index is 0.108. The zero-order valence-corrected chi connectivity index (χ0v) is 13.1. The van der Waals surface area contributed by atoms with Gasteiger partial charge in [0.25, 0.3) is 0 Å². The summed E-state index contributed by atoms with van der Waals surface area (Å²) in [6.45, 7) is 7.27. The van der Waals surface area contributed by atoms with Crippen LogP contribution in [0.25, 0.3) is 0 Å². The zero-order valence-electron chi connectivity index (χ0n) is 12.3. The van der Waals surface area contributed by atoms with Crippen molar-refractivity contribution >= 4 is 10.0 Å². The molecule has 0 radical (unpaired) electrons. The van der Waals surface area contributed by atoms with E-state index in [1.807, 2.05) is 30.3 Å². The molecule has 0 bridgehead atoms. The Labute approximate surface area is 122 Å². The van der Waals surface area contributed by atoms with E-state index in [2.05, 4.69) is 18.7 Å². The molecule has 5 heteroatoms. The van der Waals surface area contributed by atoms with Crippen molar-refractivity contribution in [2.45, 2.75) is 32.1 Å². The van der Waals surface area contributed by atoms with Gasteiger partial charge in [0.15, 0.2) is 0 Å². The third-order valence-electron chi connectivity index (χ3n) is 4.07. The lowest BCUT2D eigenvalue weighted by Crippen LogP contribution is -2.51. The van der Waals surface area contributed by atoms with Gasteiger partial charge in [0.1, 0.15) is 0 Å². The monoisotopic (exact) mass is 296 g/mol. The molecule has 0 aliphatic carbocycles. The molecule has 2 rings (SSSR count). The van der Waals surface area contributed by atoms with E-state index in [0.29, 0.717) is 19.1 Å². The van der Waals surface area contributed by atoms with Crippen molar-refractivity contribution < 1.29 is 8.42 Å². The summed E-state index contributed by atoms with van der Waals surface area (Å²) in [6, 6.07) is 9.94. The number of hydrogen-bond acceptors (Lipinski definition) is 3. The van der Waals surface area contributed by atoms with Crippen LogP contribution in [0.1, 0.15) is 25.8 Å². The summed E-state index contributed by atoms with van der Waals surface area (Å²) in [5, 5.41) is 0. The molecule has 1 aliphatic rings. The molecule has 0 amide bonds. The van der Waals surface area contributed by atoms with Gasteiger partial charge in [0.05, 0.1) is 5.75 Å². The van der Waals surface area contributed by atoms with E-state index < -0.39 is 10.0 Å². The highest BCUT2D eigenvalue weighted by atomic mass is 32.2. The largest absolute Gasteiger partial charge is 0.298 e. The van der Waals surface area contributed by atoms with Crippen molar-refractivity contribution in [3.63, 3.8) is 0 Å². The first-order valence-corrected chi connectivity index (χ1v) is 8.89. The molecule has 1 aliphatic heterocycles. The van der Waals surface area contributed by atoms with Crippen LogP contribution in [0.2, 0.25) is 0 Å². The Bertz CT molecular complexity index is 508. The molecule has 1 heterocycles. The average molecular weight is 296 g/mol. The molecule has 1 aromatic carbocycles. The topological polar surface area (TPSA) is 40.6 Å². The van der Waals surface area contributed by atoms with Crippen LogP contribution in [0, 0.1) is 0 Å². The lowest BCUT2D eigenvalue weighted by molar-refractivity contribution is 0.142. The summed E-state index contributed by atoms with van der Waals surface area (Å²) in [7, 11) is -3.19. The maximum atomic E-state index is 12.4. The minimum Gasteiger partial charge on any atom is -0.298 e. The highest BCUT2D eigenvalue weighted by Gasteiger charge is 2.28. The van der Waals surface area contributed by atoms with Crippen molar-refractivity contribution in [2.24, 2.45) is 0 Å². The van der Waals surface area contributed by atoms with E-state index in [9.17, 15) is 8.42 Å². The third-order valence-corrected chi connectivity index (χ3v) is 5.92. The van der Waals surface area contributed by atoms with Crippen molar-refractivity contribution in [3.05, 3.63) is 35.9 Å². The summed E-state index contributed by atoms with van der Waals surface area (Å²) in [5.41, 5.74) is 0.858. The van der Waals surface area contributed by atoms with Gasteiger partial charge < -0.3 is 0 Å². The van der Waals surface area contributed by atoms with Crippen molar-refractivity contribution in [1.82, 2.24) is 9.21 Å². The van der Waals surface area contributed by atoms with Crippen molar-refractivity contribution in [2.75, 3.05) is 26.2 Å². The molecule has 1 atom stereocenters. The number of rotatable bonds is 5. The second-order valence-corrected chi connectivity index (χ2v) is 7.40. The lowest BCUT2D eigenvalue weighted by atomic mass is 10.2. The van der Waals surface area contributed by atoms with Crippen LogP contribution in [-0.2, 0) is 15.8 Å². The van der Waals surface area contributed by atoms with Crippen LogP contribution >= 0.6 is 0 Å². The quantitative estimate of drug-likeness (QED) is 0.833. The molecule has 1 aromatic rings. The van der Waals surface area contributed by atoms with Gasteiger partial charge in [-0.2, -0.15) is 4.31 Å². The molecule has 0 saturated carbocycles. The number of hydrogen-bond donors (Lipinski definition) is 0. The molecular weight excluding hydrogens is 272 g/mol. The molecule has 0 N–H and O–H groups in total. The number of nitrogens with zero attached hydrogens (tertiary/aromatic N) is 2. The van der Waals surface area contributed by atoms with Crippen LogP contribution in [0.4, 0.5) is 0 Å². The molecule has 0 unspecified atom stereocenters. The summed E-state index contributed by atoms with van der Waals surface area (Å²) >= 11 is 0. The lowest BCUT2D eigenvalue weighted by Gasteiger charge is -2.37. The van der Waals surface area contributed by atoms with E-state index in [4.69, 9.17) is 0 Å². The van der Waals surface area contributed by atoms with Gasteiger partial charge in [0, 0.05) is 32.2 Å². The summed E-state index contributed by atoms with van der Waals surface area (Å²) in [6.07, 6.45) is 1.11. The first-order valence-electron chi connectivity index (χ1n) is 7.28. The van der Waals surface area contributed by atoms with Crippen LogP contribution in [0.5, 0.6) is 0 Å². The van der Waals surface area contributed by atoms with Gasteiger partial charge in [-0.15, -0.1) is 0 Å². The Balaban J connectivity index is 1.95. The van der Waals surface area contributed by atoms with Gasteiger partial charge >= 0.3 is 0 Å². The van der Waals surface area contributed by atoms with Gasteiger partial charge in [-0.3, -0.25) is 4.90 Å². The average Bonchev–Trinajstić information content (AvgIpc) is 2.47. The second-order valence-electron chi connectivity index (χ2n) is 5.43. The van der Waals surface area contributed by atoms with E-state index in [0.717, 1.165) is 25.1 Å². The highest BCUT2D eigenvalue weighted by Crippen LogP contribution is 2.15. The van der Waals surface area contributed by atoms with Crippen molar-refractivity contribution in [3.8, 4) is 0 Å². The molecule has 1 saturated heterocycles. The molecule has 4 nitrogen and oxygen atoms in total. The maximum Gasteiger partial charge on any atom is 0.218 e. The number of sulfonamides is 1. The fourth-order valence-electron chi connectivity index (χ4n) is 2.56. The first-order chi connectivity index (χ1) is 9.53. The first kappa shape index (κ1) is 15.5. The number of piperazine rings is 1. The Hall–Kier alpha value is -0.910. The molecular formula is C15H24N2O2S. The van der Waals surface area contributed by atoms with Crippen LogP contribution in [0.15, 0.2) is 30.3 Å². The van der Waals surface area contributed by atoms with E-state index in [1.54, 1.807) is 4.31 Å². The van der Waals surface area contributed by atoms with Gasteiger partial charge in [-0.25, -0.2) is 8.42 Å². The minimum atomic E-state index is -3.19. The molecule has 0 spiro atoms. The maximum absolute atomic E-state index is 12.4. The van der Waals surface area contributed by atoms with Gasteiger partial charge in [-0.05, 0) is 18.9 Å². The molecule has 0 aromatic heterocycles. The number of benzene rings is 1. The summed E-state index contributed by atoms with van der Waals surface area (Å²) < 4.78 is 26.5. The Morgan fingerprint density at radius 1 is 1.10 bits per heavy atom. The second kappa shape index (κ2) is 6.70. The summed E-state index contributed by atoms with van der Waals surface area (Å²) in [5.74, 6) is 0.108. The Morgan fingerprint density at radius 3 is 2.25 bits per heavy atom. The molecule has 112 valence electrons. The van der Waals surface area contributed by atoms with Crippen LogP contribution in [-0.4, -0.2) is 49.8 Å². The smallest absolute Gasteiger partial charge is 0.218 e. The zero-order chi connectivity index (χ0) is 14.6. The molecule has 20 heavy (non-hydrogen) atoms. The fraction of sp³-hybridized carbons (Fsp3) is 0.600. The van der Waals surface area contributed by atoms with Crippen LogP contribution in [0.3, 0.4) is 0 Å². The van der Waals surface area contributed by atoms with E-state index >= 15 is 0 Å². The van der Waals surface area contributed by atoms with Crippen LogP contribution < -0.4 is 0 Å².